The van der Waals surface area contributed by atoms with Gasteiger partial charge in [0, 0.05) is 11.8 Å². The molecule has 1 aliphatic heterocycles. The number of hydrogen-bond acceptors (Lipinski definition) is 4. The standard InChI is InChI=1S/C17H15N3O2/c1-12-4-6-13(7-5-12)17(21)20-10-15(11-20)22-16-14(9-18)3-2-8-19-16/h2-8,15H,10-11H2,1H3. The first-order valence-electron chi connectivity index (χ1n) is 7.05. The summed E-state index contributed by atoms with van der Waals surface area (Å²) in [4.78, 5) is 18.0. The largest absolute Gasteiger partial charge is 0.470 e. The maximum Gasteiger partial charge on any atom is 0.254 e. The highest BCUT2D eigenvalue weighted by Gasteiger charge is 2.33. The Bertz CT molecular complexity index is 728. The molecule has 2 aromatic rings. The zero-order chi connectivity index (χ0) is 15.5. The van der Waals surface area contributed by atoms with Crippen LogP contribution < -0.4 is 4.74 Å². The molecule has 1 amide bonds. The Morgan fingerprint density at radius 2 is 2.05 bits per heavy atom. The molecule has 0 aliphatic carbocycles. The Balaban J connectivity index is 1.59. The summed E-state index contributed by atoms with van der Waals surface area (Å²) < 4.78 is 5.68. The number of aromatic nitrogens is 1. The molecule has 1 aliphatic rings. The number of ether oxygens (including phenoxy) is 1. The smallest absolute Gasteiger partial charge is 0.254 e. The van der Waals surface area contributed by atoms with Crippen molar-refractivity contribution in [3.63, 3.8) is 0 Å². The van der Waals surface area contributed by atoms with E-state index in [-0.39, 0.29) is 12.0 Å². The Morgan fingerprint density at radius 3 is 2.73 bits per heavy atom. The van der Waals surface area contributed by atoms with Gasteiger partial charge in [-0.05, 0) is 31.2 Å². The number of pyridine rings is 1. The minimum atomic E-state index is -0.114. The fourth-order valence-corrected chi connectivity index (χ4v) is 2.28. The van der Waals surface area contributed by atoms with E-state index in [4.69, 9.17) is 10.00 Å². The van der Waals surface area contributed by atoms with E-state index in [1.807, 2.05) is 37.3 Å². The molecule has 3 rings (SSSR count). The Hall–Kier alpha value is -2.87. The molecule has 0 unspecified atom stereocenters. The highest BCUT2D eigenvalue weighted by Crippen LogP contribution is 2.21. The number of nitrogens with zero attached hydrogens (tertiary/aromatic N) is 3. The van der Waals surface area contributed by atoms with Crippen molar-refractivity contribution in [2.24, 2.45) is 0 Å². The lowest BCUT2D eigenvalue weighted by Crippen LogP contribution is -2.56. The van der Waals surface area contributed by atoms with Gasteiger partial charge in [-0.25, -0.2) is 4.98 Å². The normalized spacial score (nSPS) is 14.1. The second kappa shape index (κ2) is 5.86. The van der Waals surface area contributed by atoms with Crippen LogP contribution in [0.1, 0.15) is 21.5 Å². The zero-order valence-electron chi connectivity index (χ0n) is 12.2. The van der Waals surface area contributed by atoms with Gasteiger partial charge in [-0.1, -0.05) is 17.7 Å². The van der Waals surface area contributed by atoms with Crippen molar-refractivity contribution in [2.45, 2.75) is 13.0 Å². The molecule has 5 nitrogen and oxygen atoms in total. The molecule has 0 N–H and O–H groups in total. The third-order valence-electron chi connectivity index (χ3n) is 3.60. The van der Waals surface area contributed by atoms with Crippen LogP contribution in [0, 0.1) is 18.3 Å². The van der Waals surface area contributed by atoms with E-state index in [1.54, 1.807) is 23.2 Å². The third-order valence-corrected chi connectivity index (χ3v) is 3.60. The van der Waals surface area contributed by atoms with Crippen LogP contribution in [0.15, 0.2) is 42.6 Å². The van der Waals surface area contributed by atoms with Crippen LogP contribution in [-0.2, 0) is 0 Å². The van der Waals surface area contributed by atoms with Gasteiger partial charge >= 0.3 is 0 Å². The summed E-state index contributed by atoms with van der Waals surface area (Å²) in [6, 6.07) is 12.9. The number of carbonyl (C=O) groups is 1. The molecule has 1 aromatic heterocycles. The molecule has 0 saturated carbocycles. The fourth-order valence-electron chi connectivity index (χ4n) is 2.28. The van der Waals surface area contributed by atoms with E-state index < -0.39 is 0 Å². The van der Waals surface area contributed by atoms with Gasteiger partial charge < -0.3 is 9.64 Å². The molecule has 1 aromatic carbocycles. The van der Waals surface area contributed by atoms with Crippen LogP contribution in [0.2, 0.25) is 0 Å². The second-order valence-electron chi connectivity index (χ2n) is 5.28. The SMILES string of the molecule is Cc1ccc(C(=O)N2CC(Oc3ncccc3C#N)C2)cc1. The van der Waals surface area contributed by atoms with Crippen molar-refractivity contribution >= 4 is 5.91 Å². The lowest BCUT2D eigenvalue weighted by molar-refractivity contribution is 0.0159. The number of amides is 1. The van der Waals surface area contributed by atoms with E-state index in [2.05, 4.69) is 4.98 Å². The summed E-state index contributed by atoms with van der Waals surface area (Å²) in [5.74, 6) is 0.332. The Kier molecular flexibility index (Phi) is 3.75. The van der Waals surface area contributed by atoms with Crippen molar-refractivity contribution in [3.05, 3.63) is 59.3 Å². The van der Waals surface area contributed by atoms with Crippen molar-refractivity contribution in [3.8, 4) is 11.9 Å². The monoisotopic (exact) mass is 293 g/mol. The molecule has 0 radical (unpaired) electrons. The first-order chi connectivity index (χ1) is 10.7. The first kappa shape index (κ1) is 14.1. The van der Waals surface area contributed by atoms with Gasteiger partial charge in [-0.15, -0.1) is 0 Å². The lowest BCUT2D eigenvalue weighted by Gasteiger charge is -2.38. The van der Waals surface area contributed by atoms with E-state index in [0.717, 1.165) is 5.56 Å². The van der Waals surface area contributed by atoms with Crippen LogP contribution in [-0.4, -0.2) is 35.0 Å². The third kappa shape index (κ3) is 2.77. The number of nitriles is 1. The van der Waals surface area contributed by atoms with Crippen molar-refractivity contribution in [2.75, 3.05) is 13.1 Å². The first-order valence-corrected chi connectivity index (χ1v) is 7.05. The van der Waals surface area contributed by atoms with Crippen LogP contribution in [0.3, 0.4) is 0 Å². The molecule has 5 heteroatoms. The molecule has 1 fully saturated rings. The van der Waals surface area contributed by atoms with Gasteiger partial charge in [0.25, 0.3) is 5.91 Å². The van der Waals surface area contributed by atoms with Gasteiger partial charge in [-0.3, -0.25) is 4.79 Å². The summed E-state index contributed by atoms with van der Waals surface area (Å²) in [6.07, 6.45) is 1.47. The number of aryl methyl sites for hydroxylation is 1. The summed E-state index contributed by atoms with van der Waals surface area (Å²) in [5.41, 5.74) is 2.21. The number of hydrogen-bond donors (Lipinski definition) is 0. The quantitative estimate of drug-likeness (QED) is 0.870. The minimum absolute atomic E-state index is 0.00128. The fraction of sp³-hybridized carbons (Fsp3) is 0.235. The molecular weight excluding hydrogens is 278 g/mol. The zero-order valence-corrected chi connectivity index (χ0v) is 12.2. The maximum absolute atomic E-state index is 12.3. The Morgan fingerprint density at radius 1 is 1.32 bits per heavy atom. The molecular formula is C17H15N3O2. The van der Waals surface area contributed by atoms with Gasteiger partial charge in [0.2, 0.25) is 5.88 Å². The van der Waals surface area contributed by atoms with Crippen LogP contribution >= 0.6 is 0 Å². The highest BCUT2D eigenvalue weighted by molar-refractivity contribution is 5.94. The van der Waals surface area contributed by atoms with E-state index in [1.165, 1.54) is 0 Å². The molecule has 1 saturated heterocycles. The maximum atomic E-state index is 12.3. The molecule has 0 bridgehead atoms. The van der Waals surface area contributed by atoms with Gasteiger partial charge in [0.1, 0.15) is 17.7 Å². The van der Waals surface area contributed by atoms with Crippen LogP contribution in [0.25, 0.3) is 0 Å². The average molecular weight is 293 g/mol. The van der Waals surface area contributed by atoms with Gasteiger partial charge in [-0.2, -0.15) is 5.26 Å². The number of rotatable bonds is 3. The molecule has 2 heterocycles. The summed E-state index contributed by atoms with van der Waals surface area (Å²) in [7, 11) is 0. The predicted octanol–water partition coefficient (Wildman–Crippen LogP) is 2.17. The molecule has 22 heavy (non-hydrogen) atoms. The average Bonchev–Trinajstić information content (AvgIpc) is 2.51. The predicted molar refractivity (Wildman–Crippen MR) is 80.5 cm³/mol. The highest BCUT2D eigenvalue weighted by atomic mass is 16.5. The summed E-state index contributed by atoms with van der Waals surface area (Å²) in [6.45, 7) is 3.00. The van der Waals surface area contributed by atoms with Gasteiger partial charge in [0.05, 0.1) is 13.1 Å². The Labute approximate surface area is 128 Å². The summed E-state index contributed by atoms with van der Waals surface area (Å²) >= 11 is 0. The lowest BCUT2D eigenvalue weighted by atomic mass is 10.1. The van der Waals surface area contributed by atoms with Crippen molar-refractivity contribution in [1.82, 2.24) is 9.88 Å². The van der Waals surface area contributed by atoms with Crippen molar-refractivity contribution < 1.29 is 9.53 Å². The van der Waals surface area contributed by atoms with Crippen LogP contribution in [0.5, 0.6) is 5.88 Å². The second-order valence-corrected chi connectivity index (χ2v) is 5.28. The number of carbonyl (C=O) groups excluding carboxylic acids is 1. The number of likely N-dealkylation sites (tertiary alicyclic amines) is 1. The van der Waals surface area contributed by atoms with E-state index in [9.17, 15) is 4.79 Å². The van der Waals surface area contributed by atoms with E-state index >= 15 is 0 Å². The molecule has 110 valence electrons. The summed E-state index contributed by atoms with van der Waals surface area (Å²) in [5, 5.41) is 9.00. The van der Waals surface area contributed by atoms with Crippen molar-refractivity contribution in [1.29, 1.82) is 5.26 Å². The minimum Gasteiger partial charge on any atom is -0.470 e. The van der Waals surface area contributed by atoms with Gasteiger partial charge in [0.15, 0.2) is 0 Å². The van der Waals surface area contributed by atoms with E-state index in [0.29, 0.717) is 30.1 Å². The topological polar surface area (TPSA) is 66.2 Å². The number of benzene rings is 1. The molecule has 0 spiro atoms. The molecule has 0 atom stereocenters. The van der Waals surface area contributed by atoms with Crippen LogP contribution in [0.4, 0.5) is 0 Å².